The minimum absolute atomic E-state index is 0.139. The van der Waals surface area contributed by atoms with Crippen molar-refractivity contribution < 1.29 is 19.0 Å². The van der Waals surface area contributed by atoms with Gasteiger partial charge in [-0.3, -0.25) is 0 Å². The number of aromatic nitrogens is 1. The third-order valence-electron chi connectivity index (χ3n) is 2.08. The number of rotatable bonds is 2. The first-order valence-corrected chi connectivity index (χ1v) is 5.52. The number of esters is 1. The van der Waals surface area contributed by atoms with Gasteiger partial charge in [-0.25, -0.2) is 14.2 Å². The molecule has 0 saturated heterocycles. The van der Waals surface area contributed by atoms with Gasteiger partial charge in [-0.15, -0.1) is 11.3 Å². The molecule has 6 heteroatoms. The monoisotopic (exact) mass is 253 g/mol. The maximum Gasteiger partial charge on any atom is 0.357 e. The highest BCUT2D eigenvalue weighted by atomic mass is 32.1. The second-order valence-electron chi connectivity index (χ2n) is 3.19. The predicted molar refractivity (Wildman–Crippen MR) is 60.5 cm³/mol. The zero-order valence-corrected chi connectivity index (χ0v) is 9.62. The Morgan fingerprint density at radius 3 is 2.94 bits per heavy atom. The molecule has 1 heterocycles. The Morgan fingerprint density at radius 1 is 1.53 bits per heavy atom. The van der Waals surface area contributed by atoms with Gasteiger partial charge in [0.15, 0.2) is 5.69 Å². The lowest BCUT2D eigenvalue weighted by Crippen LogP contribution is -2.01. The molecule has 0 radical (unpaired) electrons. The molecule has 0 aliphatic rings. The molecule has 0 unspecified atom stereocenters. The summed E-state index contributed by atoms with van der Waals surface area (Å²) >= 11 is 1.13. The van der Waals surface area contributed by atoms with E-state index in [1.807, 2.05) is 0 Å². The number of halogens is 1. The Balaban J connectivity index is 2.40. The fourth-order valence-electron chi connectivity index (χ4n) is 1.27. The Morgan fingerprint density at radius 2 is 2.29 bits per heavy atom. The molecular weight excluding hydrogens is 245 g/mol. The first kappa shape index (κ1) is 11.5. The molecule has 4 nitrogen and oxygen atoms in total. The van der Waals surface area contributed by atoms with Gasteiger partial charge >= 0.3 is 5.97 Å². The number of phenols is 1. The van der Waals surface area contributed by atoms with Crippen LogP contribution in [0.25, 0.3) is 10.6 Å². The molecule has 0 saturated carbocycles. The lowest BCUT2D eigenvalue weighted by molar-refractivity contribution is 0.0595. The number of hydrogen-bond donors (Lipinski definition) is 1. The van der Waals surface area contributed by atoms with Crippen LogP contribution >= 0.6 is 11.3 Å². The lowest BCUT2D eigenvalue weighted by Gasteiger charge is -1.99. The lowest BCUT2D eigenvalue weighted by atomic mass is 10.2. The highest BCUT2D eigenvalue weighted by Crippen LogP contribution is 2.28. The molecule has 0 aliphatic carbocycles. The van der Waals surface area contributed by atoms with E-state index in [2.05, 4.69) is 9.72 Å². The summed E-state index contributed by atoms with van der Waals surface area (Å²) in [6, 6.07) is 3.76. The van der Waals surface area contributed by atoms with Gasteiger partial charge in [-0.1, -0.05) is 0 Å². The highest BCUT2D eigenvalue weighted by Gasteiger charge is 2.14. The zero-order valence-electron chi connectivity index (χ0n) is 8.81. The normalized spacial score (nSPS) is 10.2. The summed E-state index contributed by atoms with van der Waals surface area (Å²) in [7, 11) is 1.25. The minimum atomic E-state index is -0.587. The van der Waals surface area contributed by atoms with Crippen molar-refractivity contribution in [2.24, 2.45) is 0 Å². The summed E-state index contributed by atoms with van der Waals surface area (Å²) in [5.41, 5.74) is 0.378. The van der Waals surface area contributed by atoms with E-state index in [4.69, 9.17) is 5.11 Å². The van der Waals surface area contributed by atoms with Crippen LogP contribution in [-0.4, -0.2) is 23.2 Å². The minimum Gasteiger partial charge on any atom is -0.508 e. The predicted octanol–water partition coefficient (Wildman–Crippen LogP) is 2.44. The quantitative estimate of drug-likeness (QED) is 0.835. The van der Waals surface area contributed by atoms with Crippen molar-refractivity contribution in [2.75, 3.05) is 7.11 Å². The van der Waals surface area contributed by atoms with Crippen LogP contribution in [0, 0.1) is 5.82 Å². The van der Waals surface area contributed by atoms with E-state index < -0.39 is 11.8 Å². The smallest absolute Gasteiger partial charge is 0.357 e. The Hall–Kier alpha value is -1.95. The molecule has 2 rings (SSSR count). The molecule has 0 bridgehead atoms. The van der Waals surface area contributed by atoms with Crippen LogP contribution in [0.5, 0.6) is 5.75 Å². The number of nitrogens with zero attached hydrogens (tertiary/aromatic N) is 1. The second kappa shape index (κ2) is 4.50. The van der Waals surface area contributed by atoms with Crippen molar-refractivity contribution in [3.8, 4) is 16.3 Å². The van der Waals surface area contributed by atoms with Gasteiger partial charge in [0.25, 0.3) is 0 Å². The maximum atomic E-state index is 13.5. The zero-order chi connectivity index (χ0) is 12.4. The standard InChI is InChI=1S/C11H8FNO3S/c1-16-11(15)9-5-17-10(13-9)7-3-2-6(14)4-8(7)12/h2-5,14H,1H3. The largest absolute Gasteiger partial charge is 0.508 e. The summed E-state index contributed by atoms with van der Waals surface area (Å²) in [6.45, 7) is 0. The third-order valence-corrected chi connectivity index (χ3v) is 2.96. The number of aromatic hydroxyl groups is 1. The molecular formula is C11H8FNO3S. The summed E-state index contributed by atoms with van der Waals surface area (Å²) < 4.78 is 18.0. The van der Waals surface area contributed by atoms with Crippen LogP contribution in [0.3, 0.4) is 0 Å². The van der Waals surface area contributed by atoms with E-state index in [9.17, 15) is 9.18 Å². The first-order chi connectivity index (χ1) is 8.11. The number of carbonyl (C=O) groups is 1. The summed E-state index contributed by atoms with van der Waals surface area (Å²) in [6.07, 6.45) is 0. The van der Waals surface area contributed by atoms with Gasteiger partial charge in [0.1, 0.15) is 16.6 Å². The molecule has 0 spiro atoms. The molecule has 2 aromatic rings. The van der Waals surface area contributed by atoms with Gasteiger partial charge in [0.05, 0.1) is 7.11 Å². The third kappa shape index (κ3) is 2.26. The van der Waals surface area contributed by atoms with E-state index >= 15 is 0 Å². The number of methoxy groups -OCH3 is 1. The van der Waals surface area contributed by atoms with Gasteiger partial charge in [0.2, 0.25) is 0 Å². The molecule has 88 valence electrons. The molecule has 0 fully saturated rings. The van der Waals surface area contributed by atoms with Crippen molar-refractivity contribution in [1.29, 1.82) is 0 Å². The second-order valence-corrected chi connectivity index (χ2v) is 4.05. The molecule has 1 N–H and O–H groups in total. The summed E-state index contributed by atoms with van der Waals surface area (Å²) in [4.78, 5) is 15.1. The van der Waals surface area contributed by atoms with E-state index in [-0.39, 0.29) is 17.0 Å². The van der Waals surface area contributed by atoms with Crippen LogP contribution in [0.15, 0.2) is 23.6 Å². The van der Waals surface area contributed by atoms with Crippen LogP contribution in [0.1, 0.15) is 10.5 Å². The fourth-order valence-corrected chi connectivity index (χ4v) is 2.09. The van der Waals surface area contributed by atoms with Crippen LogP contribution in [-0.2, 0) is 4.74 Å². The van der Waals surface area contributed by atoms with E-state index in [1.165, 1.54) is 24.6 Å². The summed E-state index contributed by atoms with van der Waals surface area (Å²) in [5.74, 6) is -1.31. The first-order valence-electron chi connectivity index (χ1n) is 4.64. The van der Waals surface area contributed by atoms with E-state index in [0.717, 1.165) is 17.4 Å². The van der Waals surface area contributed by atoms with Crippen molar-refractivity contribution in [3.05, 3.63) is 35.1 Å². The van der Waals surface area contributed by atoms with E-state index in [1.54, 1.807) is 0 Å². The molecule has 0 aliphatic heterocycles. The number of ether oxygens (including phenoxy) is 1. The van der Waals surface area contributed by atoms with Crippen molar-refractivity contribution >= 4 is 17.3 Å². The fraction of sp³-hybridized carbons (Fsp3) is 0.0909. The van der Waals surface area contributed by atoms with Crippen LogP contribution in [0.2, 0.25) is 0 Å². The molecule has 1 aromatic heterocycles. The Bertz CT molecular complexity index is 568. The van der Waals surface area contributed by atoms with Gasteiger partial charge in [0, 0.05) is 17.0 Å². The molecule has 1 aromatic carbocycles. The van der Waals surface area contributed by atoms with Crippen molar-refractivity contribution in [3.63, 3.8) is 0 Å². The maximum absolute atomic E-state index is 13.5. The SMILES string of the molecule is COC(=O)c1csc(-c2ccc(O)cc2F)n1. The number of carbonyl (C=O) groups excluding carboxylic acids is 1. The van der Waals surface area contributed by atoms with Gasteiger partial charge < -0.3 is 9.84 Å². The average molecular weight is 253 g/mol. The van der Waals surface area contributed by atoms with Crippen molar-refractivity contribution in [1.82, 2.24) is 4.98 Å². The number of thiazole rings is 1. The van der Waals surface area contributed by atoms with E-state index in [0.29, 0.717) is 5.01 Å². The highest BCUT2D eigenvalue weighted by molar-refractivity contribution is 7.13. The van der Waals surface area contributed by atoms with Crippen LogP contribution < -0.4 is 0 Å². The molecule has 0 amide bonds. The van der Waals surface area contributed by atoms with Crippen molar-refractivity contribution in [2.45, 2.75) is 0 Å². The summed E-state index contributed by atoms with van der Waals surface area (Å²) in [5, 5.41) is 10.9. The Kier molecular flexibility index (Phi) is 3.06. The van der Waals surface area contributed by atoms with Gasteiger partial charge in [-0.05, 0) is 12.1 Å². The Labute approximate surface area is 100 Å². The molecule has 0 atom stereocenters. The number of hydrogen-bond acceptors (Lipinski definition) is 5. The molecule has 17 heavy (non-hydrogen) atoms. The average Bonchev–Trinajstić information content (AvgIpc) is 2.77. The number of benzene rings is 1. The van der Waals surface area contributed by atoms with Gasteiger partial charge in [-0.2, -0.15) is 0 Å². The number of phenolic OH excluding ortho intramolecular Hbond substituents is 1. The topological polar surface area (TPSA) is 59.4 Å². The van der Waals surface area contributed by atoms with Crippen LogP contribution in [0.4, 0.5) is 4.39 Å².